The molecule has 0 spiro atoms. The fourth-order valence-corrected chi connectivity index (χ4v) is 3.78. The molecule has 1 N–H and O–H groups in total. The lowest BCUT2D eigenvalue weighted by molar-refractivity contribution is 0.0734. The van der Waals surface area contributed by atoms with Crippen LogP contribution in [0.15, 0.2) is 30.6 Å². The minimum Gasteiger partial charge on any atom is -0.357 e. The van der Waals surface area contributed by atoms with E-state index in [4.69, 9.17) is 11.6 Å². The van der Waals surface area contributed by atoms with Crippen molar-refractivity contribution in [3.63, 3.8) is 0 Å². The van der Waals surface area contributed by atoms with Gasteiger partial charge in [0.2, 0.25) is 0 Å². The molecule has 1 aromatic carbocycles. The summed E-state index contributed by atoms with van der Waals surface area (Å²) in [5, 5.41) is 1.81. The summed E-state index contributed by atoms with van der Waals surface area (Å²) in [7, 11) is 0. The first-order valence-electron chi connectivity index (χ1n) is 8.60. The Morgan fingerprint density at radius 2 is 2.04 bits per heavy atom. The van der Waals surface area contributed by atoms with Crippen LogP contribution in [0.25, 0.3) is 10.9 Å². The van der Waals surface area contributed by atoms with Crippen molar-refractivity contribution in [2.45, 2.75) is 31.7 Å². The normalized spacial score (nSPS) is 16.9. The number of aromatic amines is 1. The average Bonchev–Trinajstić information content (AvgIpc) is 3.43. The number of hydrogen-bond donors (Lipinski definition) is 1. The molecule has 2 aliphatic rings. The lowest BCUT2D eigenvalue weighted by Gasteiger charge is -2.27. The molecule has 0 bridgehead atoms. The van der Waals surface area contributed by atoms with Crippen LogP contribution in [0.4, 0.5) is 0 Å². The maximum absolute atomic E-state index is 12.8. The van der Waals surface area contributed by atoms with E-state index in [0.29, 0.717) is 29.6 Å². The number of halogens is 1. The van der Waals surface area contributed by atoms with Crippen molar-refractivity contribution in [3.05, 3.63) is 58.3 Å². The van der Waals surface area contributed by atoms with E-state index in [9.17, 15) is 4.79 Å². The molecule has 5 rings (SSSR count). The summed E-state index contributed by atoms with van der Waals surface area (Å²) < 4.78 is 0. The van der Waals surface area contributed by atoms with E-state index in [1.54, 1.807) is 12.4 Å². The van der Waals surface area contributed by atoms with Gasteiger partial charge in [0.1, 0.15) is 5.82 Å². The predicted molar refractivity (Wildman–Crippen MR) is 95.8 cm³/mol. The third-order valence-electron chi connectivity index (χ3n) is 5.11. The zero-order chi connectivity index (χ0) is 17.0. The van der Waals surface area contributed by atoms with Gasteiger partial charge >= 0.3 is 0 Å². The van der Waals surface area contributed by atoms with Crippen LogP contribution in [0, 0.1) is 0 Å². The van der Waals surface area contributed by atoms with Crippen LogP contribution in [0.1, 0.15) is 46.2 Å². The first-order chi connectivity index (χ1) is 12.2. The number of carbonyl (C=O) groups is 1. The fourth-order valence-electron chi connectivity index (χ4n) is 3.56. The molecule has 1 aliphatic heterocycles. The average molecular weight is 353 g/mol. The minimum atomic E-state index is -0.00984. The second kappa shape index (κ2) is 5.56. The van der Waals surface area contributed by atoms with Gasteiger partial charge in [-0.25, -0.2) is 9.97 Å². The van der Waals surface area contributed by atoms with Gasteiger partial charge in [0, 0.05) is 54.5 Å². The zero-order valence-electron chi connectivity index (χ0n) is 13.6. The van der Waals surface area contributed by atoms with E-state index in [0.717, 1.165) is 41.6 Å². The molecule has 0 radical (unpaired) electrons. The molecule has 0 atom stereocenters. The number of nitrogens with one attached hydrogen (secondary N) is 1. The van der Waals surface area contributed by atoms with Crippen molar-refractivity contribution >= 4 is 28.4 Å². The van der Waals surface area contributed by atoms with Gasteiger partial charge in [-0.2, -0.15) is 0 Å². The Balaban J connectivity index is 1.43. The summed E-state index contributed by atoms with van der Waals surface area (Å²) in [5.41, 5.74) is 3.85. The van der Waals surface area contributed by atoms with Crippen molar-refractivity contribution in [1.29, 1.82) is 0 Å². The number of H-pyrrole nitrogens is 1. The molecule has 6 heteroatoms. The predicted octanol–water partition coefficient (Wildman–Crippen LogP) is 3.69. The first-order valence-corrected chi connectivity index (χ1v) is 8.97. The number of aromatic nitrogens is 3. The minimum absolute atomic E-state index is 0.00984. The standard InChI is InChI=1S/C19H17ClN4O/c20-15-3-1-2-13-14-10-24(7-6-16(14)23-17(13)15)19(25)12-8-21-18(22-9-12)11-4-5-11/h1-3,8-9,11,23H,4-7,10H2. The molecule has 2 aromatic heterocycles. The van der Waals surface area contributed by atoms with E-state index >= 15 is 0 Å². The summed E-state index contributed by atoms with van der Waals surface area (Å²) in [5.74, 6) is 1.35. The molecule has 5 nitrogen and oxygen atoms in total. The van der Waals surface area contributed by atoms with Crippen LogP contribution in [0.2, 0.25) is 5.02 Å². The van der Waals surface area contributed by atoms with Gasteiger partial charge in [-0.05, 0) is 18.9 Å². The van der Waals surface area contributed by atoms with Gasteiger partial charge in [0.25, 0.3) is 5.91 Å². The van der Waals surface area contributed by atoms with Crippen LogP contribution >= 0.6 is 11.6 Å². The highest BCUT2D eigenvalue weighted by atomic mass is 35.5. The summed E-state index contributed by atoms with van der Waals surface area (Å²) in [4.78, 5) is 26.9. The lowest BCUT2D eigenvalue weighted by atomic mass is 10.0. The highest BCUT2D eigenvalue weighted by molar-refractivity contribution is 6.35. The monoisotopic (exact) mass is 352 g/mol. The van der Waals surface area contributed by atoms with Crippen LogP contribution in [-0.2, 0) is 13.0 Å². The molecule has 1 aliphatic carbocycles. The van der Waals surface area contributed by atoms with Crippen molar-refractivity contribution in [2.75, 3.05) is 6.54 Å². The number of nitrogens with zero attached hydrogens (tertiary/aromatic N) is 3. The summed E-state index contributed by atoms with van der Waals surface area (Å²) >= 11 is 6.29. The second-order valence-corrected chi connectivity index (χ2v) is 7.23. The highest BCUT2D eigenvalue weighted by Gasteiger charge is 2.28. The summed E-state index contributed by atoms with van der Waals surface area (Å²) in [6, 6.07) is 5.88. The highest BCUT2D eigenvalue weighted by Crippen LogP contribution is 2.37. The Morgan fingerprint density at radius 1 is 1.24 bits per heavy atom. The Labute approximate surface area is 150 Å². The van der Waals surface area contributed by atoms with Gasteiger partial charge < -0.3 is 9.88 Å². The van der Waals surface area contributed by atoms with Crippen LogP contribution in [-0.4, -0.2) is 32.3 Å². The van der Waals surface area contributed by atoms with Crippen molar-refractivity contribution in [3.8, 4) is 0 Å². The van der Waals surface area contributed by atoms with Gasteiger partial charge in [0.15, 0.2) is 0 Å². The first kappa shape index (κ1) is 14.9. The quantitative estimate of drug-likeness (QED) is 0.765. The van der Waals surface area contributed by atoms with E-state index < -0.39 is 0 Å². The van der Waals surface area contributed by atoms with Crippen LogP contribution < -0.4 is 0 Å². The number of rotatable bonds is 2. The van der Waals surface area contributed by atoms with E-state index in [-0.39, 0.29) is 5.91 Å². The molecule has 25 heavy (non-hydrogen) atoms. The number of carbonyl (C=O) groups excluding carboxylic acids is 1. The number of hydrogen-bond acceptors (Lipinski definition) is 3. The third kappa shape index (κ3) is 2.50. The van der Waals surface area contributed by atoms with Gasteiger partial charge in [-0.15, -0.1) is 0 Å². The van der Waals surface area contributed by atoms with Gasteiger partial charge in [-0.3, -0.25) is 4.79 Å². The molecular weight excluding hydrogens is 336 g/mol. The van der Waals surface area contributed by atoms with Crippen LogP contribution in [0.3, 0.4) is 0 Å². The SMILES string of the molecule is O=C(c1cnc(C2CC2)nc1)N1CCc2[nH]c3c(Cl)cccc3c2C1. The Morgan fingerprint density at radius 3 is 2.80 bits per heavy atom. The number of amides is 1. The molecule has 3 heterocycles. The molecule has 1 fully saturated rings. The van der Waals surface area contributed by atoms with Gasteiger partial charge in [0.05, 0.1) is 16.1 Å². The molecular formula is C19H17ClN4O. The van der Waals surface area contributed by atoms with Crippen molar-refractivity contribution < 1.29 is 4.79 Å². The second-order valence-electron chi connectivity index (χ2n) is 6.83. The van der Waals surface area contributed by atoms with E-state index in [1.165, 1.54) is 5.69 Å². The van der Waals surface area contributed by atoms with Gasteiger partial charge in [-0.1, -0.05) is 23.7 Å². The Kier molecular flexibility index (Phi) is 3.31. The van der Waals surface area contributed by atoms with E-state index in [1.807, 2.05) is 17.0 Å². The zero-order valence-corrected chi connectivity index (χ0v) is 14.4. The molecule has 126 valence electrons. The number of benzene rings is 1. The maximum Gasteiger partial charge on any atom is 0.257 e. The molecule has 3 aromatic rings. The number of fused-ring (bicyclic) bond motifs is 3. The maximum atomic E-state index is 12.8. The van der Waals surface area contributed by atoms with E-state index in [2.05, 4.69) is 21.0 Å². The Hall–Kier alpha value is -2.40. The molecule has 1 amide bonds. The topological polar surface area (TPSA) is 61.9 Å². The fraction of sp³-hybridized carbons (Fsp3) is 0.316. The smallest absolute Gasteiger partial charge is 0.257 e. The van der Waals surface area contributed by atoms with Crippen LogP contribution in [0.5, 0.6) is 0 Å². The molecule has 1 saturated carbocycles. The van der Waals surface area contributed by atoms with Crippen molar-refractivity contribution in [2.24, 2.45) is 0 Å². The largest absolute Gasteiger partial charge is 0.357 e. The van der Waals surface area contributed by atoms with Crippen molar-refractivity contribution in [1.82, 2.24) is 19.9 Å². The summed E-state index contributed by atoms with van der Waals surface area (Å²) in [6.45, 7) is 1.26. The Bertz CT molecular complexity index is 975. The summed E-state index contributed by atoms with van der Waals surface area (Å²) in [6.07, 6.45) is 6.46. The lowest BCUT2D eigenvalue weighted by Crippen LogP contribution is -2.36. The number of para-hydroxylation sites is 1. The third-order valence-corrected chi connectivity index (χ3v) is 5.42. The molecule has 0 unspecified atom stereocenters. The molecule has 0 saturated heterocycles.